The molecule has 21 heavy (non-hydrogen) atoms. The molecule has 1 aromatic rings. The molecular weight excluding hydrogens is 305 g/mol. The third-order valence-electron chi connectivity index (χ3n) is 2.30. The van der Waals surface area contributed by atoms with Crippen LogP contribution in [-0.2, 0) is 4.74 Å². The molecule has 118 valence electrons. The second-order valence-electron chi connectivity index (χ2n) is 4.00. The minimum atomic E-state index is -4.69. The van der Waals surface area contributed by atoms with Crippen molar-refractivity contribution in [3.05, 3.63) is 24.3 Å². The van der Waals surface area contributed by atoms with Crippen LogP contribution in [0.2, 0.25) is 0 Å². The molecule has 0 aliphatic rings. The monoisotopic (exact) mass is 322 g/mol. The van der Waals surface area contributed by atoms with Gasteiger partial charge in [-0.2, -0.15) is 0 Å². The van der Waals surface area contributed by atoms with Crippen molar-refractivity contribution >= 4 is 23.0 Å². The molecule has 0 aromatic heterocycles. The first-order valence-corrected chi connectivity index (χ1v) is 6.80. The van der Waals surface area contributed by atoms with E-state index < -0.39 is 6.36 Å². The molecule has 0 aliphatic heterocycles. The first-order chi connectivity index (χ1) is 9.90. The Bertz CT molecular complexity index is 438. The number of hydrogen-bond acceptors (Lipinski definition) is 3. The third-order valence-corrected chi connectivity index (χ3v) is 2.55. The summed E-state index contributed by atoms with van der Waals surface area (Å²) in [5, 5.41) is 6.24. The fraction of sp³-hybridized carbons (Fsp3) is 0.462. The summed E-state index contributed by atoms with van der Waals surface area (Å²) in [4.78, 5) is 0. The predicted molar refractivity (Wildman–Crippen MR) is 78.5 cm³/mol. The molecule has 0 unspecified atom stereocenters. The van der Waals surface area contributed by atoms with E-state index in [0.29, 0.717) is 30.6 Å². The second-order valence-corrected chi connectivity index (χ2v) is 4.41. The van der Waals surface area contributed by atoms with Crippen LogP contribution in [0, 0.1) is 0 Å². The molecule has 0 atom stereocenters. The smallest absolute Gasteiger partial charge is 0.406 e. The Kier molecular flexibility index (Phi) is 7.24. The fourth-order valence-electron chi connectivity index (χ4n) is 1.44. The number of rotatable bonds is 7. The average Bonchev–Trinajstić information content (AvgIpc) is 2.39. The van der Waals surface area contributed by atoms with Crippen molar-refractivity contribution in [1.82, 2.24) is 5.32 Å². The zero-order valence-corrected chi connectivity index (χ0v) is 12.3. The van der Waals surface area contributed by atoms with Gasteiger partial charge in [0.1, 0.15) is 5.75 Å². The van der Waals surface area contributed by atoms with Gasteiger partial charge < -0.3 is 20.1 Å². The van der Waals surface area contributed by atoms with Crippen molar-refractivity contribution < 1.29 is 22.6 Å². The lowest BCUT2D eigenvalue weighted by molar-refractivity contribution is -0.274. The summed E-state index contributed by atoms with van der Waals surface area (Å²) in [5.74, 6) is -0.274. The Balaban J connectivity index is 2.33. The summed E-state index contributed by atoms with van der Waals surface area (Å²) in [6, 6.07) is 5.34. The lowest BCUT2D eigenvalue weighted by Gasteiger charge is -2.12. The largest absolute Gasteiger partial charge is 0.573 e. The van der Waals surface area contributed by atoms with Crippen LogP contribution in [0.15, 0.2) is 24.3 Å². The molecule has 0 saturated heterocycles. The first-order valence-electron chi connectivity index (χ1n) is 6.39. The number of alkyl halides is 3. The maximum Gasteiger partial charge on any atom is 0.573 e. The van der Waals surface area contributed by atoms with Gasteiger partial charge in [0, 0.05) is 25.4 Å². The van der Waals surface area contributed by atoms with Gasteiger partial charge in [-0.1, -0.05) is 0 Å². The summed E-state index contributed by atoms with van der Waals surface area (Å²) in [7, 11) is 0. The number of nitrogens with one attached hydrogen (secondary N) is 2. The molecule has 8 heteroatoms. The van der Waals surface area contributed by atoms with Gasteiger partial charge in [0.25, 0.3) is 0 Å². The average molecular weight is 322 g/mol. The van der Waals surface area contributed by atoms with Gasteiger partial charge in [-0.3, -0.25) is 0 Å². The second kappa shape index (κ2) is 8.68. The zero-order valence-electron chi connectivity index (χ0n) is 11.5. The predicted octanol–water partition coefficient (Wildman–Crippen LogP) is 3.30. The summed E-state index contributed by atoms with van der Waals surface area (Å²) in [6.45, 7) is 3.90. The number of halogens is 3. The van der Waals surface area contributed by atoms with Crippen molar-refractivity contribution in [2.24, 2.45) is 0 Å². The summed E-state index contributed by atoms with van der Waals surface area (Å²) in [6.07, 6.45) is -3.87. The normalized spacial score (nSPS) is 11.0. The van der Waals surface area contributed by atoms with Crippen molar-refractivity contribution in [3.63, 3.8) is 0 Å². The molecular formula is C13H17F3N2O2S. The third kappa shape index (κ3) is 8.36. The van der Waals surface area contributed by atoms with Crippen LogP contribution in [0.5, 0.6) is 5.75 Å². The molecule has 0 radical (unpaired) electrons. The molecule has 0 spiro atoms. The SMILES string of the molecule is CCOCCCNC(=S)Nc1ccc(OC(F)(F)F)cc1. The van der Waals surface area contributed by atoms with Gasteiger partial charge in [0.15, 0.2) is 5.11 Å². The van der Waals surface area contributed by atoms with Crippen LogP contribution in [0.25, 0.3) is 0 Å². The van der Waals surface area contributed by atoms with E-state index in [1.165, 1.54) is 24.3 Å². The fourth-order valence-corrected chi connectivity index (χ4v) is 1.66. The highest BCUT2D eigenvalue weighted by Crippen LogP contribution is 2.23. The van der Waals surface area contributed by atoms with Gasteiger partial charge in [-0.25, -0.2) is 0 Å². The molecule has 0 saturated carbocycles. The van der Waals surface area contributed by atoms with E-state index in [0.717, 1.165) is 6.42 Å². The van der Waals surface area contributed by atoms with Crippen molar-refractivity contribution in [3.8, 4) is 5.75 Å². The van der Waals surface area contributed by atoms with Crippen molar-refractivity contribution in [2.45, 2.75) is 19.7 Å². The van der Waals surface area contributed by atoms with E-state index in [2.05, 4.69) is 15.4 Å². The lowest BCUT2D eigenvalue weighted by atomic mass is 10.3. The Morgan fingerprint density at radius 3 is 2.48 bits per heavy atom. The molecule has 0 heterocycles. The molecule has 1 rings (SSSR count). The zero-order chi connectivity index (χ0) is 15.7. The van der Waals surface area contributed by atoms with Gasteiger partial charge in [0.05, 0.1) is 0 Å². The number of ether oxygens (including phenoxy) is 2. The molecule has 2 N–H and O–H groups in total. The van der Waals surface area contributed by atoms with Crippen LogP contribution in [0.1, 0.15) is 13.3 Å². The Hall–Kier alpha value is -1.54. The van der Waals surface area contributed by atoms with Crippen LogP contribution < -0.4 is 15.4 Å². The Morgan fingerprint density at radius 1 is 1.24 bits per heavy atom. The molecule has 0 fully saturated rings. The highest BCUT2D eigenvalue weighted by molar-refractivity contribution is 7.80. The number of hydrogen-bond donors (Lipinski definition) is 2. The summed E-state index contributed by atoms with van der Waals surface area (Å²) < 4.78 is 45.0. The molecule has 0 bridgehead atoms. The standard InChI is InChI=1S/C13H17F3N2O2S/c1-2-19-9-3-8-17-12(21)18-10-4-6-11(7-5-10)20-13(14,15)16/h4-7H,2-3,8-9H2,1H3,(H2,17,18,21). The van der Waals surface area contributed by atoms with Crippen molar-refractivity contribution in [2.75, 3.05) is 25.1 Å². The van der Waals surface area contributed by atoms with E-state index in [4.69, 9.17) is 17.0 Å². The Morgan fingerprint density at radius 2 is 1.90 bits per heavy atom. The van der Waals surface area contributed by atoms with Gasteiger partial charge in [-0.15, -0.1) is 13.2 Å². The Labute approximate surface area is 126 Å². The molecule has 0 aliphatic carbocycles. The quantitative estimate of drug-likeness (QED) is 0.595. The summed E-state index contributed by atoms with van der Waals surface area (Å²) >= 11 is 5.06. The number of anilines is 1. The highest BCUT2D eigenvalue weighted by atomic mass is 32.1. The van der Waals surface area contributed by atoms with E-state index in [1.54, 1.807) is 0 Å². The molecule has 0 amide bonds. The van der Waals surface area contributed by atoms with Crippen LogP contribution in [0.4, 0.5) is 18.9 Å². The lowest BCUT2D eigenvalue weighted by Crippen LogP contribution is -2.29. The maximum atomic E-state index is 12.0. The number of benzene rings is 1. The van der Waals surface area contributed by atoms with Crippen LogP contribution >= 0.6 is 12.2 Å². The van der Waals surface area contributed by atoms with E-state index in [9.17, 15) is 13.2 Å². The maximum absolute atomic E-state index is 12.0. The van der Waals surface area contributed by atoms with Crippen LogP contribution in [0.3, 0.4) is 0 Å². The minimum Gasteiger partial charge on any atom is -0.406 e. The van der Waals surface area contributed by atoms with E-state index >= 15 is 0 Å². The molecule has 1 aromatic carbocycles. The van der Waals surface area contributed by atoms with Gasteiger partial charge >= 0.3 is 6.36 Å². The van der Waals surface area contributed by atoms with Gasteiger partial charge in [-0.05, 0) is 49.8 Å². The topological polar surface area (TPSA) is 42.5 Å². The van der Waals surface area contributed by atoms with Crippen LogP contribution in [-0.4, -0.2) is 31.2 Å². The molecule has 4 nitrogen and oxygen atoms in total. The van der Waals surface area contributed by atoms with E-state index in [1.807, 2.05) is 6.92 Å². The van der Waals surface area contributed by atoms with E-state index in [-0.39, 0.29) is 5.75 Å². The first kappa shape index (κ1) is 17.5. The van der Waals surface area contributed by atoms with Gasteiger partial charge in [0.2, 0.25) is 0 Å². The minimum absolute atomic E-state index is 0.274. The number of thiocarbonyl (C=S) groups is 1. The van der Waals surface area contributed by atoms with Crippen molar-refractivity contribution in [1.29, 1.82) is 0 Å². The highest BCUT2D eigenvalue weighted by Gasteiger charge is 2.30. The summed E-state index contributed by atoms with van der Waals surface area (Å²) in [5.41, 5.74) is 0.576.